The lowest BCUT2D eigenvalue weighted by Crippen LogP contribution is -2.49. The van der Waals surface area contributed by atoms with Crippen molar-refractivity contribution in [2.45, 2.75) is 25.4 Å². The number of hydrogen-bond donors (Lipinski definition) is 1. The molecule has 8 nitrogen and oxygen atoms in total. The molecule has 0 aliphatic carbocycles. The topological polar surface area (TPSA) is 95.1 Å². The molecule has 0 bridgehead atoms. The molecule has 0 unspecified atom stereocenters. The number of rotatable bonds is 5. The van der Waals surface area contributed by atoms with E-state index < -0.39 is 23.1 Å². The van der Waals surface area contributed by atoms with Crippen LogP contribution in [-0.2, 0) is 17.4 Å². The van der Waals surface area contributed by atoms with E-state index in [1.807, 2.05) is 0 Å². The number of amides is 1. The summed E-state index contributed by atoms with van der Waals surface area (Å²) in [6.45, 7) is 1.60. The fraction of sp³-hybridized carbons (Fsp3) is 0.381. The summed E-state index contributed by atoms with van der Waals surface area (Å²) in [6.07, 6.45) is -1.89. The summed E-state index contributed by atoms with van der Waals surface area (Å²) in [4.78, 5) is 35.4. The van der Waals surface area contributed by atoms with E-state index in [9.17, 15) is 27.2 Å². The van der Waals surface area contributed by atoms with Gasteiger partial charge >= 0.3 is 6.18 Å². The van der Waals surface area contributed by atoms with Crippen LogP contribution in [0.3, 0.4) is 0 Å². The van der Waals surface area contributed by atoms with Gasteiger partial charge in [-0.15, -0.1) is 0 Å². The van der Waals surface area contributed by atoms with Crippen molar-refractivity contribution in [3.05, 3.63) is 58.0 Å². The number of carbonyl (C=O) groups is 1. The molecule has 33 heavy (non-hydrogen) atoms. The quantitative estimate of drug-likeness (QED) is 0.584. The van der Waals surface area contributed by atoms with Crippen LogP contribution in [-0.4, -0.2) is 57.2 Å². The molecule has 3 heterocycles. The van der Waals surface area contributed by atoms with E-state index in [1.165, 1.54) is 18.2 Å². The Morgan fingerprint density at radius 1 is 1.06 bits per heavy atom. The maximum atomic E-state index is 13.6. The van der Waals surface area contributed by atoms with Crippen LogP contribution < -0.4 is 10.5 Å². The van der Waals surface area contributed by atoms with Gasteiger partial charge in [0.15, 0.2) is 0 Å². The van der Waals surface area contributed by atoms with Crippen LogP contribution in [0.15, 0.2) is 35.4 Å². The maximum Gasteiger partial charge on any atom is 0.419 e. The molecule has 0 saturated carbocycles. The van der Waals surface area contributed by atoms with Gasteiger partial charge in [-0.3, -0.25) is 9.59 Å². The molecule has 0 spiro atoms. The number of halogens is 4. The first-order valence-corrected chi connectivity index (χ1v) is 10.3. The predicted octanol–water partition coefficient (Wildman–Crippen LogP) is 2.54. The fourth-order valence-electron chi connectivity index (χ4n) is 3.73. The van der Waals surface area contributed by atoms with E-state index in [2.05, 4.69) is 20.2 Å². The number of H-pyrrole nitrogens is 1. The first-order chi connectivity index (χ1) is 15.7. The van der Waals surface area contributed by atoms with Gasteiger partial charge in [-0.25, -0.2) is 19.5 Å². The van der Waals surface area contributed by atoms with Gasteiger partial charge in [-0.2, -0.15) is 18.3 Å². The van der Waals surface area contributed by atoms with Crippen molar-refractivity contribution in [3.8, 4) is 0 Å². The van der Waals surface area contributed by atoms with Crippen molar-refractivity contribution in [2.24, 2.45) is 0 Å². The minimum absolute atomic E-state index is 0.0668. The van der Waals surface area contributed by atoms with E-state index in [4.69, 9.17) is 0 Å². The highest BCUT2D eigenvalue weighted by Gasteiger charge is 2.32. The number of hydrogen-bond acceptors (Lipinski definition) is 6. The van der Waals surface area contributed by atoms with Crippen molar-refractivity contribution < 1.29 is 22.4 Å². The fourth-order valence-corrected chi connectivity index (χ4v) is 3.73. The van der Waals surface area contributed by atoms with Crippen LogP contribution in [0.1, 0.15) is 24.1 Å². The van der Waals surface area contributed by atoms with Crippen molar-refractivity contribution in [1.82, 2.24) is 25.1 Å². The van der Waals surface area contributed by atoms with E-state index in [0.29, 0.717) is 55.5 Å². The largest absolute Gasteiger partial charge is 0.419 e. The van der Waals surface area contributed by atoms with Crippen molar-refractivity contribution in [1.29, 1.82) is 0 Å². The minimum atomic E-state index is -4.49. The normalized spacial score (nSPS) is 14.7. The minimum Gasteiger partial charge on any atom is -0.339 e. The number of aromatic nitrogens is 4. The number of nitrogens with one attached hydrogen (secondary N) is 1. The predicted molar refractivity (Wildman–Crippen MR) is 111 cm³/mol. The number of piperazine rings is 1. The number of alkyl halides is 3. The van der Waals surface area contributed by atoms with Gasteiger partial charge in [0.05, 0.1) is 16.6 Å². The molecule has 4 rings (SSSR count). The molecule has 1 aliphatic rings. The van der Waals surface area contributed by atoms with E-state index in [0.717, 1.165) is 12.4 Å². The van der Waals surface area contributed by atoms with E-state index in [-0.39, 0.29) is 18.3 Å². The number of aryl methyl sites for hydroxylation is 1. The molecule has 0 atom stereocenters. The Hall–Kier alpha value is -3.57. The molecule has 1 N–H and O–H groups in total. The van der Waals surface area contributed by atoms with Crippen LogP contribution in [0.2, 0.25) is 0 Å². The Balaban J connectivity index is 1.30. The number of aromatic amines is 1. The molecular weight excluding hydrogens is 444 g/mol. The second-order valence-electron chi connectivity index (χ2n) is 7.68. The smallest absolute Gasteiger partial charge is 0.339 e. The highest BCUT2D eigenvalue weighted by Crippen LogP contribution is 2.28. The van der Waals surface area contributed by atoms with E-state index >= 15 is 0 Å². The molecule has 1 fully saturated rings. The summed E-state index contributed by atoms with van der Waals surface area (Å²) < 4.78 is 51.6. The van der Waals surface area contributed by atoms with Gasteiger partial charge in [-0.1, -0.05) is 0 Å². The second-order valence-corrected chi connectivity index (χ2v) is 7.68. The zero-order valence-corrected chi connectivity index (χ0v) is 17.4. The molecule has 0 radical (unpaired) electrons. The maximum absolute atomic E-state index is 13.6. The molecule has 12 heteroatoms. The number of anilines is 1. The lowest BCUT2D eigenvalue weighted by molar-refractivity contribution is -0.138. The summed E-state index contributed by atoms with van der Waals surface area (Å²) in [5.41, 5.74) is -0.798. The highest BCUT2D eigenvalue weighted by atomic mass is 19.4. The van der Waals surface area contributed by atoms with Crippen LogP contribution >= 0.6 is 0 Å². The molecule has 1 saturated heterocycles. The summed E-state index contributed by atoms with van der Waals surface area (Å²) >= 11 is 0. The van der Waals surface area contributed by atoms with Crippen LogP contribution in [0, 0.1) is 5.82 Å². The van der Waals surface area contributed by atoms with Gasteiger partial charge in [-0.05, 0) is 31.0 Å². The zero-order chi connectivity index (χ0) is 23.6. The Bertz CT molecular complexity index is 1200. The molecule has 1 aliphatic heterocycles. The average Bonchev–Trinajstić information content (AvgIpc) is 2.80. The molecule has 1 aromatic carbocycles. The standard InChI is InChI=1S/C21H20F4N6O2/c22-14-4-5-15-16(10-14)17(28-29-19(15)33)2-1-3-18(32)30-6-8-31(9-7-30)20-26-11-13(12-27-20)21(23,24)25/h4-5,10-12H,1-3,6-9H2,(H,29,33). The molecule has 2 aromatic heterocycles. The Labute approximate surface area is 185 Å². The van der Waals surface area contributed by atoms with Crippen molar-refractivity contribution in [3.63, 3.8) is 0 Å². The third kappa shape index (κ3) is 5.10. The summed E-state index contributed by atoms with van der Waals surface area (Å²) in [5.74, 6) is -0.344. The molecule has 174 valence electrons. The third-order valence-corrected chi connectivity index (χ3v) is 5.51. The number of carbonyl (C=O) groups excluding carboxylic acids is 1. The van der Waals surface area contributed by atoms with Gasteiger partial charge in [0, 0.05) is 50.4 Å². The average molecular weight is 464 g/mol. The van der Waals surface area contributed by atoms with Gasteiger partial charge < -0.3 is 9.80 Å². The molecular formula is C21H20F4N6O2. The summed E-state index contributed by atoms with van der Waals surface area (Å²) in [7, 11) is 0. The Morgan fingerprint density at radius 2 is 1.76 bits per heavy atom. The molecule has 1 amide bonds. The number of fused-ring (bicyclic) bond motifs is 1. The van der Waals surface area contributed by atoms with Crippen molar-refractivity contribution in [2.75, 3.05) is 31.1 Å². The van der Waals surface area contributed by atoms with Crippen LogP contribution in [0.25, 0.3) is 10.8 Å². The third-order valence-electron chi connectivity index (χ3n) is 5.51. The number of nitrogens with zero attached hydrogens (tertiary/aromatic N) is 5. The Kier molecular flexibility index (Phi) is 6.25. The number of benzene rings is 1. The second kappa shape index (κ2) is 9.12. The monoisotopic (exact) mass is 464 g/mol. The lowest BCUT2D eigenvalue weighted by atomic mass is 10.1. The summed E-state index contributed by atoms with van der Waals surface area (Å²) in [6, 6.07) is 3.87. The van der Waals surface area contributed by atoms with Crippen LogP contribution in [0.5, 0.6) is 0 Å². The summed E-state index contributed by atoms with van der Waals surface area (Å²) in [5, 5.41) is 7.16. The van der Waals surface area contributed by atoms with Crippen LogP contribution in [0.4, 0.5) is 23.5 Å². The first kappa shape index (κ1) is 22.6. The molecule has 3 aromatic rings. The first-order valence-electron chi connectivity index (χ1n) is 10.3. The van der Waals surface area contributed by atoms with Gasteiger partial charge in [0.2, 0.25) is 11.9 Å². The SMILES string of the molecule is O=C(CCCc1n[nH]c(=O)c2ccc(F)cc12)N1CCN(c2ncc(C(F)(F)F)cn2)CC1. The van der Waals surface area contributed by atoms with Gasteiger partial charge in [0.1, 0.15) is 5.82 Å². The van der Waals surface area contributed by atoms with E-state index in [1.54, 1.807) is 9.80 Å². The lowest BCUT2D eigenvalue weighted by Gasteiger charge is -2.34. The highest BCUT2D eigenvalue weighted by molar-refractivity contribution is 5.83. The Morgan fingerprint density at radius 3 is 2.42 bits per heavy atom. The van der Waals surface area contributed by atoms with Crippen molar-refractivity contribution >= 4 is 22.6 Å². The van der Waals surface area contributed by atoms with Gasteiger partial charge in [0.25, 0.3) is 5.56 Å². The zero-order valence-electron chi connectivity index (χ0n) is 17.4.